The molecule has 2 fully saturated rings. The number of rotatable bonds is 2. The number of nitrogens with one attached hydrogen (secondary N) is 1. The second-order valence-corrected chi connectivity index (χ2v) is 7.35. The number of hydrogen-bond acceptors (Lipinski definition) is 4. The summed E-state index contributed by atoms with van der Waals surface area (Å²) in [5.74, 6) is 0. The Kier molecular flexibility index (Phi) is 4.84. The number of primary amides is 1. The Morgan fingerprint density at radius 2 is 2.00 bits per heavy atom. The van der Waals surface area contributed by atoms with Crippen LogP contribution in [-0.4, -0.2) is 55.0 Å². The van der Waals surface area contributed by atoms with Gasteiger partial charge in [-0.1, -0.05) is 0 Å². The summed E-state index contributed by atoms with van der Waals surface area (Å²) in [4.78, 5) is 24.5. The summed E-state index contributed by atoms with van der Waals surface area (Å²) >= 11 is 0. The van der Waals surface area contributed by atoms with Gasteiger partial charge in [0.2, 0.25) is 0 Å². The van der Waals surface area contributed by atoms with Gasteiger partial charge in [0.15, 0.2) is 0 Å². The number of carbonyl (C=O) groups excluding carboxylic acids is 2. The predicted octanol–water partition coefficient (Wildman–Crippen LogP) is 1.46. The summed E-state index contributed by atoms with van der Waals surface area (Å²) in [7, 11) is 0. The Bertz CT molecular complexity index is 425. The number of nitrogens with two attached hydrogens (primary N) is 1. The van der Waals surface area contributed by atoms with E-state index in [2.05, 4.69) is 5.32 Å². The average Bonchev–Trinajstić information content (AvgIpc) is 2.78. The topological polar surface area (TPSA) is 93.9 Å². The molecule has 2 heterocycles. The molecule has 22 heavy (non-hydrogen) atoms. The Morgan fingerprint density at radius 1 is 1.36 bits per heavy atom. The smallest absolute Gasteiger partial charge is 0.407 e. The fourth-order valence-corrected chi connectivity index (χ4v) is 3.09. The van der Waals surface area contributed by atoms with Gasteiger partial charge < -0.3 is 25.4 Å². The van der Waals surface area contributed by atoms with Gasteiger partial charge in [-0.3, -0.25) is 0 Å². The second kappa shape index (κ2) is 6.32. The first kappa shape index (κ1) is 16.9. The molecule has 126 valence electrons. The number of carbonyl (C=O) groups is 2. The zero-order valence-corrected chi connectivity index (χ0v) is 13.7. The SMILES string of the molecule is CC(C)(C)OC(=O)NCC1CC2(CCN(C(N)=O)CC2)CO1. The van der Waals surface area contributed by atoms with Crippen molar-refractivity contribution in [1.82, 2.24) is 10.2 Å². The van der Waals surface area contributed by atoms with Crippen LogP contribution >= 0.6 is 0 Å². The molecule has 2 aliphatic rings. The van der Waals surface area contributed by atoms with E-state index in [9.17, 15) is 9.59 Å². The third-order valence-corrected chi connectivity index (χ3v) is 4.29. The minimum absolute atomic E-state index is 0.00708. The molecule has 0 aromatic heterocycles. The summed E-state index contributed by atoms with van der Waals surface area (Å²) in [5.41, 5.74) is 4.93. The zero-order valence-electron chi connectivity index (χ0n) is 13.7. The Morgan fingerprint density at radius 3 is 2.55 bits per heavy atom. The Hall–Kier alpha value is -1.50. The van der Waals surface area contributed by atoms with Crippen molar-refractivity contribution in [3.8, 4) is 0 Å². The number of piperidine rings is 1. The van der Waals surface area contributed by atoms with Gasteiger partial charge in [-0.15, -0.1) is 0 Å². The highest BCUT2D eigenvalue weighted by Gasteiger charge is 2.42. The number of hydrogen-bond donors (Lipinski definition) is 2. The van der Waals surface area contributed by atoms with E-state index in [4.69, 9.17) is 15.2 Å². The van der Waals surface area contributed by atoms with Crippen LogP contribution < -0.4 is 11.1 Å². The molecule has 1 spiro atoms. The Balaban J connectivity index is 1.74. The van der Waals surface area contributed by atoms with Crippen LogP contribution in [0.2, 0.25) is 0 Å². The third-order valence-electron chi connectivity index (χ3n) is 4.29. The first-order valence-electron chi connectivity index (χ1n) is 7.82. The molecule has 2 saturated heterocycles. The number of likely N-dealkylation sites (tertiary alicyclic amines) is 1. The van der Waals surface area contributed by atoms with E-state index in [0.29, 0.717) is 26.2 Å². The molecule has 7 nitrogen and oxygen atoms in total. The largest absolute Gasteiger partial charge is 0.444 e. The van der Waals surface area contributed by atoms with E-state index in [-0.39, 0.29) is 17.6 Å². The summed E-state index contributed by atoms with van der Waals surface area (Å²) < 4.78 is 11.0. The molecule has 0 aromatic rings. The van der Waals surface area contributed by atoms with Crippen molar-refractivity contribution >= 4 is 12.1 Å². The van der Waals surface area contributed by atoms with E-state index in [0.717, 1.165) is 19.3 Å². The van der Waals surface area contributed by atoms with Gasteiger partial charge in [0.25, 0.3) is 0 Å². The van der Waals surface area contributed by atoms with Crippen molar-refractivity contribution in [2.24, 2.45) is 11.1 Å². The second-order valence-electron chi connectivity index (χ2n) is 7.35. The van der Waals surface area contributed by atoms with Gasteiger partial charge in [0, 0.05) is 19.6 Å². The highest BCUT2D eigenvalue weighted by molar-refractivity contribution is 5.72. The molecule has 0 aromatic carbocycles. The van der Waals surface area contributed by atoms with Crippen molar-refractivity contribution in [3.63, 3.8) is 0 Å². The molecule has 3 amide bonds. The summed E-state index contributed by atoms with van der Waals surface area (Å²) in [6, 6.07) is -0.350. The lowest BCUT2D eigenvalue weighted by molar-refractivity contribution is 0.0453. The van der Waals surface area contributed by atoms with Gasteiger partial charge in [-0.2, -0.15) is 0 Å². The number of nitrogens with zero attached hydrogens (tertiary/aromatic N) is 1. The van der Waals surface area contributed by atoms with E-state index in [1.165, 1.54) is 0 Å². The van der Waals surface area contributed by atoms with Gasteiger partial charge in [-0.05, 0) is 45.4 Å². The molecule has 0 radical (unpaired) electrons. The highest BCUT2D eigenvalue weighted by Crippen LogP contribution is 2.41. The van der Waals surface area contributed by atoms with Gasteiger partial charge in [-0.25, -0.2) is 9.59 Å². The minimum Gasteiger partial charge on any atom is -0.444 e. The maximum Gasteiger partial charge on any atom is 0.407 e. The molecule has 3 N–H and O–H groups in total. The molecule has 1 unspecified atom stereocenters. The molecular formula is C15H27N3O4. The van der Waals surface area contributed by atoms with Crippen molar-refractivity contribution in [3.05, 3.63) is 0 Å². The quantitative estimate of drug-likeness (QED) is 0.807. The lowest BCUT2D eigenvalue weighted by Gasteiger charge is -2.37. The van der Waals surface area contributed by atoms with Crippen molar-refractivity contribution < 1.29 is 19.1 Å². The predicted molar refractivity (Wildman–Crippen MR) is 81.4 cm³/mol. The molecular weight excluding hydrogens is 286 g/mol. The molecule has 2 rings (SSSR count). The third kappa shape index (κ3) is 4.50. The van der Waals surface area contributed by atoms with E-state index in [1.54, 1.807) is 4.90 Å². The van der Waals surface area contributed by atoms with Crippen LogP contribution in [0.5, 0.6) is 0 Å². The Labute approximate surface area is 131 Å². The van der Waals surface area contributed by atoms with Crippen LogP contribution in [-0.2, 0) is 9.47 Å². The van der Waals surface area contributed by atoms with E-state index in [1.807, 2.05) is 20.8 Å². The molecule has 1 atom stereocenters. The molecule has 0 saturated carbocycles. The maximum atomic E-state index is 11.7. The fourth-order valence-electron chi connectivity index (χ4n) is 3.09. The highest BCUT2D eigenvalue weighted by atomic mass is 16.6. The van der Waals surface area contributed by atoms with Crippen LogP contribution in [0.3, 0.4) is 0 Å². The monoisotopic (exact) mass is 313 g/mol. The normalized spacial score (nSPS) is 24.3. The van der Waals surface area contributed by atoms with Gasteiger partial charge in [0.1, 0.15) is 5.60 Å². The van der Waals surface area contributed by atoms with Gasteiger partial charge >= 0.3 is 12.1 Å². The molecule has 7 heteroatoms. The lowest BCUT2D eigenvalue weighted by atomic mass is 9.76. The van der Waals surface area contributed by atoms with Crippen molar-refractivity contribution in [1.29, 1.82) is 0 Å². The van der Waals surface area contributed by atoms with Crippen LogP contribution in [0.25, 0.3) is 0 Å². The fraction of sp³-hybridized carbons (Fsp3) is 0.867. The molecule has 0 aliphatic carbocycles. The van der Waals surface area contributed by atoms with E-state index < -0.39 is 11.7 Å². The van der Waals surface area contributed by atoms with Crippen molar-refractivity contribution in [2.45, 2.75) is 51.7 Å². The number of urea groups is 1. The first-order valence-corrected chi connectivity index (χ1v) is 7.82. The lowest BCUT2D eigenvalue weighted by Crippen LogP contribution is -2.46. The zero-order chi connectivity index (χ0) is 16.4. The van der Waals surface area contributed by atoms with Crippen LogP contribution in [0, 0.1) is 5.41 Å². The standard InChI is InChI=1S/C15H27N3O4/c1-14(2,3)22-13(20)17-9-11-8-15(10-21-11)4-6-18(7-5-15)12(16)19/h11H,4-10H2,1-3H3,(H2,16,19)(H,17,20). The first-order chi connectivity index (χ1) is 10.2. The average molecular weight is 313 g/mol. The summed E-state index contributed by atoms with van der Waals surface area (Å²) in [5, 5.41) is 2.76. The van der Waals surface area contributed by atoms with E-state index >= 15 is 0 Å². The van der Waals surface area contributed by atoms with Gasteiger partial charge in [0.05, 0.1) is 12.7 Å². The summed E-state index contributed by atoms with van der Waals surface area (Å²) in [6.07, 6.45) is 2.29. The van der Waals surface area contributed by atoms with Crippen LogP contribution in [0.15, 0.2) is 0 Å². The molecule has 2 aliphatic heterocycles. The molecule has 0 bridgehead atoms. The maximum absolute atomic E-state index is 11.7. The minimum atomic E-state index is -0.497. The summed E-state index contributed by atoms with van der Waals surface area (Å²) in [6.45, 7) is 8.01. The number of ether oxygens (including phenoxy) is 2. The van der Waals surface area contributed by atoms with Crippen LogP contribution in [0.1, 0.15) is 40.0 Å². The van der Waals surface area contributed by atoms with Crippen LogP contribution in [0.4, 0.5) is 9.59 Å². The van der Waals surface area contributed by atoms with Crippen molar-refractivity contribution in [2.75, 3.05) is 26.2 Å². The number of amides is 3. The number of alkyl carbamates (subject to hydrolysis) is 1.